The molecule has 3 rings (SSSR count). The lowest BCUT2D eigenvalue weighted by Crippen LogP contribution is -2.39. The van der Waals surface area contributed by atoms with Crippen molar-refractivity contribution in [3.05, 3.63) is 53.7 Å². The van der Waals surface area contributed by atoms with E-state index < -0.39 is 18.1 Å². The third-order valence-corrected chi connectivity index (χ3v) is 4.04. The first-order valence-electron chi connectivity index (χ1n) is 7.81. The number of nitrogens with zero attached hydrogens (tertiary/aromatic N) is 2. The van der Waals surface area contributed by atoms with Gasteiger partial charge in [-0.05, 0) is 24.8 Å². The van der Waals surface area contributed by atoms with Crippen LogP contribution in [0.15, 0.2) is 41.1 Å². The van der Waals surface area contributed by atoms with E-state index in [-0.39, 0.29) is 18.1 Å². The van der Waals surface area contributed by atoms with Crippen molar-refractivity contribution in [1.82, 2.24) is 9.88 Å². The number of benzene rings is 1. The molecule has 0 saturated carbocycles. The van der Waals surface area contributed by atoms with Crippen molar-refractivity contribution in [2.24, 2.45) is 0 Å². The lowest BCUT2D eigenvalue weighted by Gasteiger charge is -2.33. The first-order chi connectivity index (χ1) is 11.7. The molecule has 1 aliphatic heterocycles. The molecule has 126 valence electrons. The van der Waals surface area contributed by atoms with E-state index in [0.717, 1.165) is 24.8 Å². The Hall–Kier alpha value is -2.83. The molecule has 7 nitrogen and oxygen atoms in total. The first-order valence-corrected chi connectivity index (χ1v) is 7.81. The Morgan fingerprint density at radius 3 is 2.83 bits per heavy atom. The number of oxazole rings is 1. The van der Waals surface area contributed by atoms with Crippen LogP contribution < -0.4 is 0 Å². The molecule has 0 spiro atoms. The molecule has 1 saturated heterocycles. The summed E-state index contributed by atoms with van der Waals surface area (Å²) in [5.41, 5.74) is 0.744. The number of carboxylic acid groups (broad SMARTS) is 1. The molecule has 1 aromatic carbocycles. The highest BCUT2D eigenvalue weighted by molar-refractivity contribution is 5.86. The Morgan fingerprint density at radius 1 is 1.29 bits per heavy atom. The van der Waals surface area contributed by atoms with Crippen molar-refractivity contribution < 1.29 is 23.8 Å². The van der Waals surface area contributed by atoms with Gasteiger partial charge >= 0.3 is 12.1 Å². The van der Waals surface area contributed by atoms with E-state index in [9.17, 15) is 14.7 Å². The van der Waals surface area contributed by atoms with Crippen LogP contribution in [0.2, 0.25) is 0 Å². The number of carboxylic acids is 1. The van der Waals surface area contributed by atoms with E-state index in [1.54, 1.807) is 0 Å². The molecule has 2 aromatic rings. The van der Waals surface area contributed by atoms with Crippen LogP contribution in [-0.2, 0) is 11.3 Å². The van der Waals surface area contributed by atoms with Crippen molar-refractivity contribution >= 4 is 12.1 Å². The molecule has 0 bridgehead atoms. The van der Waals surface area contributed by atoms with Crippen molar-refractivity contribution in [1.29, 1.82) is 0 Å². The minimum Gasteiger partial charge on any atom is -0.476 e. The van der Waals surface area contributed by atoms with Crippen molar-refractivity contribution in [2.45, 2.75) is 31.9 Å². The number of carbonyl (C=O) groups excluding carboxylic acids is 1. The Balaban J connectivity index is 1.73. The van der Waals surface area contributed by atoms with Crippen LogP contribution in [0.25, 0.3) is 0 Å². The SMILES string of the molecule is O=C(O)c1ncoc1C1CCCCN1C(=O)OCc1ccccc1. The number of piperidine rings is 1. The summed E-state index contributed by atoms with van der Waals surface area (Å²) in [5.74, 6) is -0.958. The van der Waals surface area contributed by atoms with Crippen LogP contribution >= 0.6 is 0 Å². The molecular weight excluding hydrogens is 312 g/mol. The highest BCUT2D eigenvalue weighted by Crippen LogP contribution is 2.33. The minimum atomic E-state index is -1.16. The molecule has 0 radical (unpaired) electrons. The Morgan fingerprint density at radius 2 is 2.08 bits per heavy atom. The number of hydrogen-bond acceptors (Lipinski definition) is 5. The molecule has 1 atom stereocenters. The van der Waals surface area contributed by atoms with Gasteiger partial charge in [0.1, 0.15) is 6.61 Å². The number of aromatic nitrogens is 1. The lowest BCUT2D eigenvalue weighted by molar-refractivity contribution is 0.0589. The Kier molecular flexibility index (Phi) is 4.79. The monoisotopic (exact) mass is 330 g/mol. The topological polar surface area (TPSA) is 92.9 Å². The van der Waals surface area contributed by atoms with Gasteiger partial charge in [-0.3, -0.25) is 4.90 Å². The molecule has 24 heavy (non-hydrogen) atoms. The summed E-state index contributed by atoms with van der Waals surface area (Å²) >= 11 is 0. The molecule has 1 N–H and O–H groups in total. The van der Waals surface area contributed by atoms with E-state index >= 15 is 0 Å². The molecule has 1 aromatic heterocycles. The standard InChI is InChI=1S/C17H18N2O5/c20-16(21)14-15(24-11-18-14)13-8-4-5-9-19(13)17(22)23-10-12-6-2-1-3-7-12/h1-3,6-7,11,13H,4-5,8-10H2,(H,20,21). The van der Waals surface area contributed by atoms with Gasteiger partial charge in [-0.25, -0.2) is 14.6 Å². The van der Waals surface area contributed by atoms with Crippen LogP contribution in [0.5, 0.6) is 0 Å². The van der Waals surface area contributed by atoms with E-state index in [2.05, 4.69) is 4.98 Å². The van der Waals surface area contributed by atoms with Gasteiger partial charge in [0.25, 0.3) is 0 Å². The third-order valence-electron chi connectivity index (χ3n) is 4.04. The first kappa shape index (κ1) is 16.0. The molecule has 1 fully saturated rings. The molecule has 7 heteroatoms. The average Bonchev–Trinajstić information content (AvgIpc) is 3.10. The number of likely N-dealkylation sites (tertiary alicyclic amines) is 1. The van der Waals surface area contributed by atoms with E-state index in [4.69, 9.17) is 9.15 Å². The maximum atomic E-state index is 12.5. The predicted molar refractivity (Wildman–Crippen MR) is 83.4 cm³/mol. The normalized spacial score (nSPS) is 17.5. The highest BCUT2D eigenvalue weighted by Gasteiger charge is 2.34. The maximum absolute atomic E-state index is 12.5. The summed E-state index contributed by atoms with van der Waals surface area (Å²) in [6.07, 6.45) is 2.97. The summed E-state index contributed by atoms with van der Waals surface area (Å²) in [6, 6.07) is 8.93. The Bertz CT molecular complexity index is 713. The fourth-order valence-corrected chi connectivity index (χ4v) is 2.88. The molecule has 1 amide bonds. The fourth-order valence-electron chi connectivity index (χ4n) is 2.88. The third kappa shape index (κ3) is 3.40. The van der Waals surface area contributed by atoms with Crippen LogP contribution in [0.1, 0.15) is 47.1 Å². The van der Waals surface area contributed by atoms with Gasteiger partial charge in [0.15, 0.2) is 17.8 Å². The molecule has 1 aliphatic rings. The second-order valence-electron chi connectivity index (χ2n) is 5.62. The summed E-state index contributed by atoms with van der Waals surface area (Å²) in [7, 11) is 0. The molecule has 1 unspecified atom stereocenters. The zero-order chi connectivity index (χ0) is 16.9. The molecular formula is C17H18N2O5. The summed E-state index contributed by atoms with van der Waals surface area (Å²) in [6.45, 7) is 0.670. The van der Waals surface area contributed by atoms with Crippen molar-refractivity contribution in [3.63, 3.8) is 0 Å². The smallest absolute Gasteiger partial charge is 0.410 e. The van der Waals surface area contributed by atoms with E-state index in [1.165, 1.54) is 4.90 Å². The van der Waals surface area contributed by atoms with Crippen LogP contribution in [0.3, 0.4) is 0 Å². The van der Waals surface area contributed by atoms with Crippen LogP contribution in [-0.4, -0.2) is 33.6 Å². The van der Waals surface area contributed by atoms with Gasteiger partial charge in [0.2, 0.25) is 0 Å². The van der Waals surface area contributed by atoms with Crippen LogP contribution in [0, 0.1) is 0 Å². The summed E-state index contributed by atoms with van der Waals surface area (Å²) in [4.78, 5) is 29.0. The lowest BCUT2D eigenvalue weighted by atomic mass is 9.99. The molecule has 0 aliphatic carbocycles. The van der Waals surface area contributed by atoms with Gasteiger partial charge in [-0.2, -0.15) is 0 Å². The number of rotatable bonds is 4. The van der Waals surface area contributed by atoms with Gasteiger partial charge < -0.3 is 14.3 Å². The average molecular weight is 330 g/mol. The van der Waals surface area contributed by atoms with Gasteiger partial charge in [-0.1, -0.05) is 30.3 Å². The quantitative estimate of drug-likeness (QED) is 0.925. The number of carbonyl (C=O) groups is 2. The zero-order valence-corrected chi connectivity index (χ0v) is 13.1. The number of ether oxygens (including phenoxy) is 1. The Labute approximate surface area is 138 Å². The predicted octanol–water partition coefficient (Wildman–Crippen LogP) is 3.24. The summed E-state index contributed by atoms with van der Waals surface area (Å²) in [5, 5.41) is 9.20. The summed E-state index contributed by atoms with van der Waals surface area (Å²) < 4.78 is 10.6. The maximum Gasteiger partial charge on any atom is 0.410 e. The van der Waals surface area contributed by atoms with E-state index in [1.807, 2.05) is 30.3 Å². The van der Waals surface area contributed by atoms with Gasteiger partial charge in [-0.15, -0.1) is 0 Å². The van der Waals surface area contributed by atoms with Gasteiger partial charge in [0, 0.05) is 6.54 Å². The van der Waals surface area contributed by atoms with Crippen LogP contribution in [0.4, 0.5) is 4.79 Å². The zero-order valence-electron chi connectivity index (χ0n) is 13.1. The molecule has 2 heterocycles. The largest absolute Gasteiger partial charge is 0.476 e. The fraction of sp³-hybridized carbons (Fsp3) is 0.353. The minimum absolute atomic E-state index is 0.150. The number of hydrogen-bond donors (Lipinski definition) is 1. The highest BCUT2D eigenvalue weighted by atomic mass is 16.6. The number of aromatic carboxylic acids is 1. The van der Waals surface area contributed by atoms with Crippen molar-refractivity contribution in [3.8, 4) is 0 Å². The van der Waals surface area contributed by atoms with E-state index in [0.29, 0.717) is 13.0 Å². The number of amides is 1. The van der Waals surface area contributed by atoms with Crippen molar-refractivity contribution in [2.75, 3.05) is 6.54 Å². The second kappa shape index (κ2) is 7.16. The second-order valence-corrected chi connectivity index (χ2v) is 5.62. The van der Waals surface area contributed by atoms with Gasteiger partial charge in [0.05, 0.1) is 6.04 Å².